The van der Waals surface area contributed by atoms with Gasteiger partial charge in [0.2, 0.25) is 5.95 Å². The third kappa shape index (κ3) is 3.33. The molecule has 0 aliphatic heterocycles. The molecular weight excluding hydrogens is 300 g/mol. The van der Waals surface area contributed by atoms with Crippen LogP contribution in [0.3, 0.4) is 0 Å². The number of halogens is 2. The van der Waals surface area contributed by atoms with Gasteiger partial charge in [-0.2, -0.15) is 10.1 Å². The van der Waals surface area contributed by atoms with Crippen molar-refractivity contribution in [3.8, 4) is 5.82 Å². The third-order valence-electron chi connectivity index (χ3n) is 3.32. The van der Waals surface area contributed by atoms with E-state index in [1.54, 1.807) is 16.9 Å². The molecule has 0 aliphatic carbocycles. The molecule has 0 radical (unpaired) electrons. The summed E-state index contributed by atoms with van der Waals surface area (Å²) in [6.45, 7) is 4.00. The maximum Gasteiger partial charge on any atom is 0.224 e. The maximum absolute atomic E-state index is 13.6. The second-order valence-corrected chi connectivity index (χ2v) is 5.17. The molecule has 1 aromatic carbocycles. The highest BCUT2D eigenvalue weighted by Gasteiger charge is 2.08. The van der Waals surface area contributed by atoms with Gasteiger partial charge in [-0.25, -0.2) is 18.4 Å². The standard InChI is InChI=1S/C16H15F2N5/c1-10-7-11(2)23(22-10)15-5-6-19-16(21-15)20-9-12-3-4-13(17)8-14(12)18/h3-8H,9H2,1-2H3,(H,19,20,21). The van der Waals surface area contributed by atoms with Crippen molar-refractivity contribution in [2.45, 2.75) is 20.4 Å². The molecule has 0 fully saturated rings. The van der Waals surface area contributed by atoms with Gasteiger partial charge >= 0.3 is 0 Å². The Hall–Kier alpha value is -2.83. The summed E-state index contributed by atoms with van der Waals surface area (Å²) in [6, 6.07) is 7.14. The van der Waals surface area contributed by atoms with Crippen LogP contribution in [0.25, 0.3) is 5.82 Å². The minimum Gasteiger partial charge on any atom is -0.350 e. The van der Waals surface area contributed by atoms with E-state index >= 15 is 0 Å². The van der Waals surface area contributed by atoms with Gasteiger partial charge in [-0.15, -0.1) is 0 Å². The van der Waals surface area contributed by atoms with Crippen LogP contribution in [0, 0.1) is 25.5 Å². The number of rotatable bonds is 4. The van der Waals surface area contributed by atoms with Crippen molar-refractivity contribution >= 4 is 5.95 Å². The van der Waals surface area contributed by atoms with E-state index in [0.29, 0.717) is 17.3 Å². The van der Waals surface area contributed by atoms with Crippen molar-refractivity contribution in [3.63, 3.8) is 0 Å². The van der Waals surface area contributed by atoms with Crippen molar-refractivity contribution in [1.29, 1.82) is 0 Å². The number of benzene rings is 1. The van der Waals surface area contributed by atoms with Crippen LogP contribution in [0.15, 0.2) is 36.5 Å². The first-order valence-electron chi connectivity index (χ1n) is 7.07. The van der Waals surface area contributed by atoms with E-state index in [4.69, 9.17) is 0 Å². The molecule has 23 heavy (non-hydrogen) atoms. The zero-order valence-electron chi connectivity index (χ0n) is 12.7. The van der Waals surface area contributed by atoms with Crippen LogP contribution in [0.1, 0.15) is 17.0 Å². The summed E-state index contributed by atoms with van der Waals surface area (Å²) in [6.07, 6.45) is 1.60. The average Bonchev–Trinajstić information content (AvgIpc) is 2.85. The molecule has 0 atom stereocenters. The zero-order valence-corrected chi connectivity index (χ0v) is 12.7. The van der Waals surface area contributed by atoms with Crippen molar-refractivity contribution in [2.24, 2.45) is 0 Å². The van der Waals surface area contributed by atoms with Gasteiger partial charge in [-0.05, 0) is 26.0 Å². The Labute approximate surface area is 132 Å². The van der Waals surface area contributed by atoms with Gasteiger partial charge in [-0.1, -0.05) is 6.07 Å². The largest absolute Gasteiger partial charge is 0.350 e. The van der Waals surface area contributed by atoms with Gasteiger partial charge in [0.15, 0.2) is 5.82 Å². The molecule has 0 spiro atoms. The molecule has 0 saturated carbocycles. The zero-order chi connectivity index (χ0) is 16.4. The molecule has 0 bridgehead atoms. The second kappa shape index (κ2) is 6.12. The number of hydrogen-bond donors (Lipinski definition) is 1. The molecule has 0 unspecified atom stereocenters. The van der Waals surface area contributed by atoms with Crippen molar-refractivity contribution < 1.29 is 8.78 Å². The fourth-order valence-corrected chi connectivity index (χ4v) is 2.25. The Balaban J connectivity index is 1.79. The lowest BCUT2D eigenvalue weighted by Gasteiger charge is -2.08. The van der Waals surface area contributed by atoms with E-state index in [9.17, 15) is 8.78 Å². The smallest absolute Gasteiger partial charge is 0.224 e. The number of anilines is 1. The van der Waals surface area contributed by atoms with Crippen molar-refractivity contribution in [1.82, 2.24) is 19.7 Å². The normalized spacial score (nSPS) is 10.8. The van der Waals surface area contributed by atoms with E-state index in [1.807, 2.05) is 19.9 Å². The Morgan fingerprint density at radius 3 is 2.65 bits per heavy atom. The van der Waals surface area contributed by atoms with Gasteiger partial charge in [0.05, 0.1) is 5.69 Å². The Kier molecular flexibility index (Phi) is 4.01. The summed E-state index contributed by atoms with van der Waals surface area (Å²) in [5.41, 5.74) is 2.19. The van der Waals surface area contributed by atoms with Crippen molar-refractivity contribution in [3.05, 3.63) is 65.1 Å². The lowest BCUT2D eigenvalue weighted by Crippen LogP contribution is -2.08. The molecule has 7 heteroatoms. The fourth-order valence-electron chi connectivity index (χ4n) is 2.25. The second-order valence-electron chi connectivity index (χ2n) is 5.17. The third-order valence-corrected chi connectivity index (χ3v) is 3.32. The average molecular weight is 315 g/mol. The lowest BCUT2D eigenvalue weighted by molar-refractivity contribution is 0.574. The monoisotopic (exact) mass is 315 g/mol. The predicted molar refractivity (Wildman–Crippen MR) is 82.3 cm³/mol. The van der Waals surface area contributed by atoms with Gasteiger partial charge in [-0.3, -0.25) is 0 Å². The Bertz CT molecular complexity index is 844. The van der Waals surface area contributed by atoms with Crippen LogP contribution in [-0.2, 0) is 6.54 Å². The summed E-state index contributed by atoms with van der Waals surface area (Å²) in [5.74, 6) is -0.243. The highest BCUT2D eigenvalue weighted by molar-refractivity contribution is 5.34. The summed E-state index contributed by atoms with van der Waals surface area (Å²) in [7, 11) is 0. The lowest BCUT2D eigenvalue weighted by atomic mass is 10.2. The summed E-state index contributed by atoms with van der Waals surface area (Å²) < 4.78 is 28.2. The van der Waals surface area contributed by atoms with E-state index < -0.39 is 11.6 Å². The Morgan fingerprint density at radius 2 is 1.96 bits per heavy atom. The van der Waals surface area contributed by atoms with E-state index in [1.165, 1.54) is 12.1 Å². The van der Waals surface area contributed by atoms with E-state index in [-0.39, 0.29) is 6.54 Å². The molecule has 3 aromatic rings. The van der Waals surface area contributed by atoms with Crippen LogP contribution < -0.4 is 5.32 Å². The van der Waals surface area contributed by atoms with Gasteiger partial charge < -0.3 is 5.32 Å². The number of aryl methyl sites for hydroxylation is 2. The molecule has 118 valence electrons. The SMILES string of the molecule is Cc1cc(C)n(-c2ccnc(NCc3ccc(F)cc3F)n2)n1. The first kappa shape index (κ1) is 15.1. The summed E-state index contributed by atoms with van der Waals surface area (Å²) in [4.78, 5) is 8.46. The molecular formula is C16H15F2N5. The van der Waals surface area contributed by atoms with Gasteiger partial charge in [0.1, 0.15) is 11.6 Å². The summed E-state index contributed by atoms with van der Waals surface area (Å²) >= 11 is 0. The van der Waals surface area contributed by atoms with E-state index in [2.05, 4.69) is 20.4 Å². The van der Waals surface area contributed by atoms with Crippen LogP contribution in [0.2, 0.25) is 0 Å². The molecule has 0 amide bonds. The number of aromatic nitrogens is 4. The number of hydrogen-bond acceptors (Lipinski definition) is 4. The molecule has 0 saturated heterocycles. The summed E-state index contributed by atoms with van der Waals surface area (Å²) in [5, 5.41) is 7.29. The minimum absolute atomic E-state index is 0.159. The number of nitrogens with one attached hydrogen (secondary N) is 1. The van der Waals surface area contributed by atoms with Crippen molar-refractivity contribution in [2.75, 3.05) is 5.32 Å². The van der Waals surface area contributed by atoms with Gasteiger partial charge in [0.25, 0.3) is 0 Å². The topological polar surface area (TPSA) is 55.6 Å². The molecule has 2 aromatic heterocycles. The maximum atomic E-state index is 13.6. The first-order chi connectivity index (χ1) is 11.0. The van der Waals surface area contributed by atoms with Crippen LogP contribution >= 0.6 is 0 Å². The van der Waals surface area contributed by atoms with Crippen LogP contribution in [0.4, 0.5) is 14.7 Å². The van der Waals surface area contributed by atoms with E-state index in [0.717, 1.165) is 17.5 Å². The fraction of sp³-hybridized carbons (Fsp3) is 0.188. The van der Waals surface area contributed by atoms with Crippen LogP contribution in [-0.4, -0.2) is 19.7 Å². The Morgan fingerprint density at radius 1 is 1.13 bits per heavy atom. The molecule has 5 nitrogen and oxygen atoms in total. The molecule has 3 rings (SSSR count). The highest BCUT2D eigenvalue weighted by Crippen LogP contribution is 2.13. The number of nitrogens with zero attached hydrogens (tertiary/aromatic N) is 4. The highest BCUT2D eigenvalue weighted by atomic mass is 19.1. The quantitative estimate of drug-likeness (QED) is 0.803. The van der Waals surface area contributed by atoms with Gasteiger partial charge in [0, 0.05) is 36.1 Å². The predicted octanol–water partition coefficient (Wildman–Crippen LogP) is 3.17. The first-order valence-corrected chi connectivity index (χ1v) is 7.07. The minimum atomic E-state index is -0.604. The molecule has 0 aliphatic rings. The van der Waals surface area contributed by atoms with Crippen LogP contribution in [0.5, 0.6) is 0 Å². The molecule has 1 N–H and O–H groups in total. The molecule has 2 heterocycles.